The molecule has 9 heteroatoms. The molecule has 0 aliphatic rings. The molecule has 0 fully saturated rings. The number of rotatable bonds is 4. The van der Waals surface area contributed by atoms with Gasteiger partial charge < -0.3 is 0 Å². The highest BCUT2D eigenvalue weighted by Crippen LogP contribution is 2.22. The van der Waals surface area contributed by atoms with Crippen LogP contribution in [-0.4, -0.2) is 31.4 Å². The first-order valence-corrected chi connectivity index (χ1v) is 9.46. The Kier molecular flexibility index (Phi) is 4.66. The van der Waals surface area contributed by atoms with Crippen molar-refractivity contribution in [3.05, 3.63) is 82.9 Å². The zero-order valence-electron chi connectivity index (χ0n) is 14.7. The molecular weight excluding hydrogens is 381 g/mol. The molecule has 0 radical (unpaired) electrons. The predicted molar refractivity (Wildman–Crippen MR) is 105 cm³/mol. The molecule has 28 heavy (non-hydrogen) atoms. The summed E-state index contributed by atoms with van der Waals surface area (Å²) in [6, 6.07) is 12.6. The van der Waals surface area contributed by atoms with Gasteiger partial charge in [-0.3, -0.25) is 19.6 Å². The van der Waals surface area contributed by atoms with Gasteiger partial charge in [0.2, 0.25) is 0 Å². The number of thioether (sulfide) groups is 1. The highest BCUT2D eigenvalue weighted by Gasteiger charge is 2.19. The van der Waals surface area contributed by atoms with Crippen molar-refractivity contribution in [2.24, 2.45) is 0 Å². The summed E-state index contributed by atoms with van der Waals surface area (Å²) in [6.07, 6.45) is 4.49. The lowest BCUT2D eigenvalue weighted by molar-refractivity contribution is 0.1000. The van der Waals surface area contributed by atoms with Gasteiger partial charge in [0.1, 0.15) is 17.8 Å². The monoisotopic (exact) mass is 395 g/mol. The molecule has 2 aromatic heterocycles. The van der Waals surface area contributed by atoms with Gasteiger partial charge in [-0.1, -0.05) is 23.9 Å². The molecule has 0 unspecified atom stereocenters. The summed E-state index contributed by atoms with van der Waals surface area (Å²) in [5.74, 6) is -0.925. The number of imidazole rings is 1. The minimum atomic E-state index is -0.545. The van der Waals surface area contributed by atoms with E-state index in [2.05, 4.69) is 15.4 Å². The molecule has 2 heterocycles. The van der Waals surface area contributed by atoms with Crippen LogP contribution in [0.2, 0.25) is 0 Å². The van der Waals surface area contributed by atoms with Gasteiger partial charge in [0, 0.05) is 5.69 Å². The molecule has 0 aliphatic heterocycles. The van der Waals surface area contributed by atoms with Gasteiger partial charge in [0.25, 0.3) is 11.5 Å². The third-order valence-electron chi connectivity index (χ3n) is 4.12. The molecule has 1 amide bonds. The fraction of sp³-hybridized carbons (Fsp3) is 0.0526. The van der Waals surface area contributed by atoms with E-state index in [-0.39, 0.29) is 11.5 Å². The summed E-state index contributed by atoms with van der Waals surface area (Å²) in [6.45, 7) is 0. The first kappa shape index (κ1) is 17.9. The first-order valence-electron chi connectivity index (χ1n) is 8.24. The summed E-state index contributed by atoms with van der Waals surface area (Å²) in [5, 5.41) is 0.947. The van der Waals surface area contributed by atoms with Gasteiger partial charge in [-0.05, 0) is 42.7 Å². The van der Waals surface area contributed by atoms with E-state index < -0.39 is 11.5 Å². The number of carbonyl (C=O) groups excluding carboxylic acids is 1. The van der Waals surface area contributed by atoms with Crippen molar-refractivity contribution in [3.63, 3.8) is 0 Å². The van der Waals surface area contributed by atoms with Crippen LogP contribution in [0, 0.1) is 5.82 Å². The zero-order valence-corrected chi connectivity index (χ0v) is 15.5. The van der Waals surface area contributed by atoms with Crippen LogP contribution in [0.4, 0.5) is 4.39 Å². The van der Waals surface area contributed by atoms with Crippen molar-refractivity contribution in [2.45, 2.75) is 5.16 Å². The predicted octanol–water partition coefficient (Wildman–Crippen LogP) is 2.83. The number of amides is 1. The van der Waals surface area contributed by atoms with Crippen molar-refractivity contribution in [1.29, 1.82) is 0 Å². The summed E-state index contributed by atoms with van der Waals surface area (Å²) < 4.78 is 15.9. The molecule has 4 rings (SSSR count). The van der Waals surface area contributed by atoms with Crippen LogP contribution in [0.3, 0.4) is 0 Å². The number of nitrogens with one attached hydrogen (secondary N) is 1. The van der Waals surface area contributed by atoms with E-state index in [0.29, 0.717) is 21.7 Å². The van der Waals surface area contributed by atoms with E-state index in [9.17, 15) is 14.0 Å². The maximum Gasteiger partial charge on any atom is 0.288 e. The molecule has 0 saturated carbocycles. The Bertz CT molecular complexity index is 1230. The minimum absolute atomic E-state index is 0.205. The summed E-state index contributed by atoms with van der Waals surface area (Å²) in [5.41, 5.74) is 3.47. The SMILES string of the molecule is CSc1ncc(C(=O)Nn2cnc3ccccc3c2=O)n1-c1ccc(F)cc1. The quantitative estimate of drug-likeness (QED) is 0.538. The van der Waals surface area contributed by atoms with Crippen LogP contribution in [-0.2, 0) is 0 Å². The second-order valence-electron chi connectivity index (χ2n) is 5.82. The zero-order chi connectivity index (χ0) is 19.7. The third-order valence-corrected chi connectivity index (χ3v) is 4.77. The van der Waals surface area contributed by atoms with Gasteiger partial charge in [0.15, 0.2) is 5.16 Å². The van der Waals surface area contributed by atoms with Gasteiger partial charge in [0.05, 0.1) is 17.1 Å². The molecule has 7 nitrogen and oxygen atoms in total. The Hall–Kier alpha value is -3.46. The molecule has 0 spiro atoms. The van der Waals surface area contributed by atoms with E-state index >= 15 is 0 Å². The van der Waals surface area contributed by atoms with E-state index in [1.807, 2.05) is 6.26 Å². The number of carbonyl (C=O) groups is 1. The van der Waals surface area contributed by atoms with Gasteiger partial charge in [-0.2, -0.15) is 0 Å². The number of para-hydroxylation sites is 1. The van der Waals surface area contributed by atoms with Crippen molar-refractivity contribution in [1.82, 2.24) is 19.2 Å². The molecule has 140 valence electrons. The Labute approximate surface area is 162 Å². The molecule has 1 N–H and O–H groups in total. The number of benzene rings is 2. The van der Waals surface area contributed by atoms with Crippen LogP contribution >= 0.6 is 11.8 Å². The molecule has 0 bridgehead atoms. The van der Waals surface area contributed by atoms with Crippen LogP contribution in [0.1, 0.15) is 10.5 Å². The Balaban J connectivity index is 1.73. The highest BCUT2D eigenvalue weighted by atomic mass is 32.2. The number of fused-ring (bicyclic) bond motifs is 1. The first-order chi connectivity index (χ1) is 13.6. The summed E-state index contributed by atoms with van der Waals surface area (Å²) in [4.78, 5) is 33.9. The third kappa shape index (κ3) is 3.16. The number of nitrogens with zero attached hydrogens (tertiary/aromatic N) is 4. The smallest absolute Gasteiger partial charge is 0.283 e. The van der Waals surface area contributed by atoms with Crippen molar-refractivity contribution in [3.8, 4) is 5.69 Å². The fourth-order valence-corrected chi connectivity index (χ4v) is 3.34. The highest BCUT2D eigenvalue weighted by molar-refractivity contribution is 7.98. The molecule has 0 atom stereocenters. The molecule has 0 saturated heterocycles. The molecule has 2 aromatic carbocycles. The van der Waals surface area contributed by atoms with E-state index in [0.717, 1.165) is 4.68 Å². The minimum Gasteiger partial charge on any atom is -0.283 e. The lowest BCUT2D eigenvalue weighted by Gasteiger charge is -2.12. The topological polar surface area (TPSA) is 81.8 Å². The summed E-state index contributed by atoms with van der Waals surface area (Å²) >= 11 is 1.34. The number of hydrogen-bond donors (Lipinski definition) is 1. The maximum atomic E-state index is 13.3. The second kappa shape index (κ2) is 7.28. The summed E-state index contributed by atoms with van der Waals surface area (Å²) in [7, 11) is 0. The van der Waals surface area contributed by atoms with Crippen molar-refractivity contribution >= 4 is 28.6 Å². The molecule has 0 aliphatic carbocycles. The number of halogens is 1. The Morgan fingerprint density at radius 2 is 1.86 bits per heavy atom. The molecular formula is C19H14FN5O2S. The van der Waals surface area contributed by atoms with Crippen LogP contribution in [0.5, 0.6) is 0 Å². The normalized spacial score (nSPS) is 10.9. The standard InChI is InChI=1S/C19H14FN5O2S/c1-28-19-21-10-16(25(19)13-8-6-12(20)7-9-13)17(26)23-24-11-22-15-5-3-2-4-14(15)18(24)27/h2-11H,1H3,(H,23,26). The fourth-order valence-electron chi connectivity index (χ4n) is 2.79. The largest absolute Gasteiger partial charge is 0.288 e. The van der Waals surface area contributed by atoms with Gasteiger partial charge in [-0.25, -0.2) is 19.0 Å². The molecule has 4 aromatic rings. The van der Waals surface area contributed by atoms with Crippen LogP contribution < -0.4 is 11.0 Å². The van der Waals surface area contributed by atoms with E-state index in [1.165, 1.54) is 36.4 Å². The maximum absolute atomic E-state index is 13.3. The van der Waals surface area contributed by atoms with Gasteiger partial charge in [-0.15, -0.1) is 0 Å². The van der Waals surface area contributed by atoms with E-state index in [1.54, 1.807) is 41.0 Å². The van der Waals surface area contributed by atoms with Gasteiger partial charge >= 0.3 is 0 Å². The second-order valence-corrected chi connectivity index (χ2v) is 6.59. The van der Waals surface area contributed by atoms with Crippen LogP contribution in [0.25, 0.3) is 16.6 Å². The van der Waals surface area contributed by atoms with E-state index in [4.69, 9.17) is 0 Å². The number of hydrogen-bond acceptors (Lipinski definition) is 5. The average molecular weight is 395 g/mol. The lowest BCUT2D eigenvalue weighted by atomic mass is 10.2. The Morgan fingerprint density at radius 3 is 2.61 bits per heavy atom. The average Bonchev–Trinajstić information content (AvgIpc) is 3.15. The van der Waals surface area contributed by atoms with Crippen molar-refractivity contribution in [2.75, 3.05) is 11.7 Å². The number of aromatic nitrogens is 4. The lowest BCUT2D eigenvalue weighted by Crippen LogP contribution is -2.34. The van der Waals surface area contributed by atoms with Crippen LogP contribution in [0.15, 0.2) is 71.0 Å². The Morgan fingerprint density at radius 1 is 1.11 bits per heavy atom. The van der Waals surface area contributed by atoms with Crippen molar-refractivity contribution < 1.29 is 9.18 Å².